The highest BCUT2D eigenvalue weighted by atomic mass is 32.2. The minimum atomic E-state index is -4.80. The summed E-state index contributed by atoms with van der Waals surface area (Å²) in [6.07, 6.45) is -0.978. The van der Waals surface area contributed by atoms with Gasteiger partial charge < -0.3 is 15.5 Å². The van der Waals surface area contributed by atoms with Crippen molar-refractivity contribution >= 4 is 33.2 Å². The molecule has 0 aliphatic carbocycles. The van der Waals surface area contributed by atoms with Gasteiger partial charge in [-0.1, -0.05) is 6.92 Å². The number of amides is 3. The number of pyridine rings is 1. The maximum absolute atomic E-state index is 14.0. The van der Waals surface area contributed by atoms with E-state index in [1.165, 1.54) is 46.7 Å². The molecule has 226 valence electrons. The largest absolute Gasteiger partial charge is 0.436 e. The highest BCUT2D eigenvalue weighted by molar-refractivity contribution is 7.89. The van der Waals surface area contributed by atoms with Crippen LogP contribution in [-0.4, -0.2) is 72.4 Å². The summed E-state index contributed by atoms with van der Waals surface area (Å²) < 4.78 is 71.0. The number of halogens is 3. The third-order valence-electron chi connectivity index (χ3n) is 8.11. The van der Waals surface area contributed by atoms with Crippen LogP contribution in [0.3, 0.4) is 0 Å². The van der Waals surface area contributed by atoms with Gasteiger partial charge in [0.1, 0.15) is 0 Å². The summed E-state index contributed by atoms with van der Waals surface area (Å²) in [5.41, 5.74) is -0.347. The Bertz CT molecular complexity index is 1570. The van der Waals surface area contributed by atoms with Crippen molar-refractivity contribution in [3.63, 3.8) is 0 Å². The van der Waals surface area contributed by atoms with Gasteiger partial charge in [-0.2, -0.15) is 22.6 Å². The van der Waals surface area contributed by atoms with Crippen LogP contribution in [0.25, 0.3) is 5.52 Å². The molecule has 14 heteroatoms. The standard InChI is InChI=1S/C28H33F3N6O4S/c1-18-7-12-35(13-8-18)26(38)24-23-17-20(11-16-37(23)34-25(24)28(29,30)31)19-9-14-36(15-10-19)42(40,41)22-5-3-21(4-6-22)33-27(39)32-2/h3-6,11,16-19H,7-10,12-15H2,1-2H3,(H2,32,33,39). The summed E-state index contributed by atoms with van der Waals surface area (Å²) in [5.74, 6) is -0.367. The van der Waals surface area contributed by atoms with Gasteiger partial charge in [0.05, 0.1) is 16.0 Å². The number of sulfonamides is 1. The predicted molar refractivity (Wildman–Crippen MR) is 150 cm³/mol. The Hall–Kier alpha value is -3.65. The molecule has 2 aromatic heterocycles. The summed E-state index contributed by atoms with van der Waals surface area (Å²) in [5, 5.41) is 8.73. The highest BCUT2D eigenvalue weighted by Gasteiger charge is 2.42. The number of fused-ring (bicyclic) bond motifs is 1. The molecule has 4 heterocycles. The molecule has 2 fully saturated rings. The zero-order chi connectivity index (χ0) is 30.2. The third kappa shape index (κ3) is 5.95. The number of benzene rings is 1. The summed E-state index contributed by atoms with van der Waals surface area (Å²) in [7, 11) is -2.31. The molecule has 2 aliphatic heterocycles. The average molecular weight is 607 g/mol. The molecular formula is C28H33F3N6O4S. The van der Waals surface area contributed by atoms with E-state index in [-0.39, 0.29) is 29.4 Å². The number of nitrogens with zero attached hydrogens (tertiary/aromatic N) is 4. The molecule has 0 atom stereocenters. The minimum absolute atomic E-state index is 0.0963. The quantitative estimate of drug-likeness (QED) is 0.443. The maximum atomic E-state index is 14.0. The fourth-order valence-corrected chi connectivity index (χ4v) is 7.05. The van der Waals surface area contributed by atoms with E-state index >= 15 is 0 Å². The van der Waals surface area contributed by atoms with Gasteiger partial charge in [-0.3, -0.25) is 4.79 Å². The lowest BCUT2D eigenvalue weighted by Gasteiger charge is -2.31. The van der Waals surface area contributed by atoms with Gasteiger partial charge >= 0.3 is 12.2 Å². The Morgan fingerprint density at radius 1 is 0.976 bits per heavy atom. The maximum Gasteiger partial charge on any atom is 0.436 e. The first kappa shape index (κ1) is 29.8. The van der Waals surface area contributed by atoms with E-state index in [0.717, 1.165) is 22.9 Å². The molecule has 0 saturated carbocycles. The number of nitrogens with one attached hydrogen (secondary N) is 2. The molecule has 1 aromatic carbocycles. The highest BCUT2D eigenvalue weighted by Crippen LogP contribution is 2.37. The summed E-state index contributed by atoms with van der Waals surface area (Å²) in [6.45, 7) is 3.30. The molecule has 2 N–H and O–H groups in total. The number of piperidine rings is 2. The van der Waals surface area contributed by atoms with Crippen LogP contribution >= 0.6 is 0 Å². The number of aromatic nitrogens is 2. The van der Waals surface area contributed by atoms with Crippen molar-refractivity contribution in [3.8, 4) is 0 Å². The number of anilines is 1. The topological polar surface area (TPSA) is 116 Å². The molecule has 0 radical (unpaired) electrons. The van der Waals surface area contributed by atoms with Crippen LogP contribution in [-0.2, 0) is 16.2 Å². The van der Waals surface area contributed by atoms with E-state index < -0.39 is 39.4 Å². The molecule has 2 saturated heterocycles. The van der Waals surface area contributed by atoms with E-state index in [0.29, 0.717) is 37.5 Å². The summed E-state index contributed by atoms with van der Waals surface area (Å²) in [6, 6.07) is 8.73. The van der Waals surface area contributed by atoms with Crippen molar-refractivity contribution < 1.29 is 31.2 Å². The number of alkyl halides is 3. The number of carbonyl (C=O) groups excluding carboxylic acids is 2. The molecule has 3 amide bonds. The van der Waals surface area contributed by atoms with Gasteiger partial charge in [-0.15, -0.1) is 0 Å². The zero-order valence-corrected chi connectivity index (χ0v) is 24.1. The van der Waals surface area contributed by atoms with Crippen LogP contribution in [0.2, 0.25) is 0 Å². The van der Waals surface area contributed by atoms with E-state index in [4.69, 9.17) is 0 Å². The molecule has 10 nitrogen and oxygen atoms in total. The first-order chi connectivity index (χ1) is 19.9. The summed E-state index contributed by atoms with van der Waals surface area (Å²) >= 11 is 0. The van der Waals surface area contributed by atoms with Gasteiger partial charge in [0.15, 0.2) is 5.69 Å². The number of hydrogen-bond acceptors (Lipinski definition) is 5. The lowest BCUT2D eigenvalue weighted by Crippen LogP contribution is -2.38. The van der Waals surface area contributed by atoms with Gasteiger partial charge in [0.25, 0.3) is 5.91 Å². The van der Waals surface area contributed by atoms with Crippen molar-refractivity contribution in [2.75, 3.05) is 38.5 Å². The number of likely N-dealkylation sites (tertiary alicyclic amines) is 1. The van der Waals surface area contributed by atoms with Crippen LogP contribution < -0.4 is 10.6 Å². The Balaban J connectivity index is 1.35. The van der Waals surface area contributed by atoms with Crippen molar-refractivity contribution in [2.45, 2.75) is 49.6 Å². The Labute approximate surface area is 241 Å². The lowest BCUT2D eigenvalue weighted by molar-refractivity contribution is -0.141. The first-order valence-corrected chi connectivity index (χ1v) is 15.3. The van der Waals surface area contributed by atoms with E-state index in [1.807, 2.05) is 0 Å². The van der Waals surface area contributed by atoms with Crippen molar-refractivity contribution in [1.82, 2.24) is 24.1 Å². The van der Waals surface area contributed by atoms with Crippen LogP contribution in [0.15, 0.2) is 47.5 Å². The Morgan fingerprint density at radius 2 is 1.62 bits per heavy atom. The molecule has 0 spiro atoms. The number of carbonyl (C=O) groups is 2. The van der Waals surface area contributed by atoms with Crippen LogP contribution in [0.1, 0.15) is 60.1 Å². The zero-order valence-electron chi connectivity index (χ0n) is 23.3. The van der Waals surface area contributed by atoms with Crippen molar-refractivity contribution in [2.24, 2.45) is 5.92 Å². The second-order valence-corrected chi connectivity index (χ2v) is 12.8. The van der Waals surface area contributed by atoms with E-state index in [2.05, 4.69) is 22.7 Å². The van der Waals surface area contributed by atoms with Gasteiger partial charge in [-0.25, -0.2) is 17.7 Å². The normalized spacial score (nSPS) is 17.9. The molecule has 5 rings (SSSR count). The Morgan fingerprint density at radius 3 is 2.21 bits per heavy atom. The third-order valence-corrected chi connectivity index (χ3v) is 10.0. The number of rotatable bonds is 5. The Kier molecular flexibility index (Phi) is 8.21. The van der Waals surface area contributed by atoms with Crippen LogP contribution in [0.5, 0.6) is 0 Å². The molecule has 3 aromatic rings. The average Bonchev–Trinajstić information content (AvgIpc) is 3.37. The monoisotopic (exact) mass is 606 g/mol. The summed E-state index contributed by atoms with van der Waals surface area (Å²) in [4.78, 5) is 26.4. The molecular weight excluding hydrogens is 573 g/mol. The van der Waals surface area contributed by atoms with Crippen LogP contribution in [0.4, 0.5) is 23.7 Å². The van der Waals surface area contributed by atoms with Crippen molar-refractivity contribution in [1.29, 1.82) is 0 Å². The van der Waals surface area contributed by atoms with Gasteiger partial charge in [0.2, 0.25) is 10.0 Å². The smallest absolute Gasteiger partial charge is 0.341 e. The second kappa shape index (κ2) is 11.6. The minimum Gasteiger partial charge on any atom is -0.341 e. The van der Waals surface area contributed by atoms with Crippen LogP contribution in [0, 0.1) is 5.92 Å². The van der Waals surface area contributed by atoms with Gasteiger partial charge in [-0.05, 0) is 79.5 Å². The number of hydrogen-bond donors (Lipinski definition) is 2. The predicted octanol–water partition coefficient (Wildman–Crippen LogP) is 4.54. The molecule has 42 heavy (non-hydrogen) atoms. The van der Waals surface area contributed by atoms with Gasteiger partial charge in [0, 0.05) is 45.1 Å². The molecule has 0 unspecified atom stereocenters. The molecule has 2 aliphatic rings. The molecule has 0 bridgehead atoms. The van der Waals surface area contributed by atoms with E-state index in [9.17, 15) is 31.2 Å². The van der Waals surface area contributed by atoms with E-state index in [1.54, 1.807) is 12.1 Å². The first-order valence-electron chi connectivity index (χ1n) is 13.9. The fourth-order valence-electron chi connectivity index (χ4n) is 5.58. The van der Waals surface area contributed by atoms with Crippen molar-refractivity contribution in [3.05, 3.63) is 59.4 Å². The number of urea groups is 1. The second-order valence-electron chi connectivity index (χ2n) is 10.9. The lowest BCUT2D eigenvalue weighted by atomic mass is 9.90. The SMILES string of the molecule is CNC(=O)Nc1ccc(S(=O)(=O)N2CCC(c3ccn4nc(C(F)(F)F)c(C(=O)N5CCC(C)CC5)c4c3)CC2)cc1. The fraction of sp³-hybridized carbons (Fsp3) is 0.464.